The molecule has 1 aromatic carbocycles. The Hall–Kier alpha value is -1.39. The molecule has 1 atom stereocenters. The van der Waals surface area contributed by atoms with E-state index in [-0.39, 0.29) is 6.04 Å². The van der Waals surface area contributed by atoms with E-state index in [9.17, 15) is 0 Å². The van der Waals surface area contributed by atoms with Gasteiger partial charge in [0, 0.05) is 22.4 Å². The summed E-state index contributed by atoms with van der Waals surface area (Å²) in [6.45, 7) is 5.63. The molecule has 2 aromatic rings. The highest BCUT2D eigenvalue weighted by Crippen LogP contribution is 2.30. The standard InChI is InChI=1S/C16H19BrN2O/c1-3-19-16(12-9-13(17)11-18-10-12)14-7-5-6-8-15(14)20-4-2/h5-11,16,19H,3-4H2,1-2H3. The number of nitrogens with one attached hydrogen (secondary N) is 1. The average Bonchev–Trinajstić information content (AvgIpc) is 2.46. The molecule has 0 saturated heterocycles. The Labute approximate surface area is 128 Å². The molecule has 0 aliphatic carbocycles. The minimum Gasteiger partial charge on any atom is -0.494 e. The van der Waals surface area contributed by atoms with Crippen molar-refractivity contribution in [3.05, 3.63) is 58.3 Å². The first kappa shape index (κ1) is 15.0. The number of hydrogen-bond acceptors (Lipinski definition) is 3. The minimum absolute atomic E-state index is 0.0766. The molecule has 0 aliphatic rings. The monoisotopic (exact) mass is 334 g/mol. The van der Waals surface area contributed by atoms with Crippen molar-refractivity contribution in [2.24, 2.45) is 0 Å². The van der Waals surface area contributed by atoms with Gasteiger partial charge in [-0.2, -0.15) is 0 Å². The Morgan fingerprint density at radius 3 is 2.75 bits per heavy atom. The van der Waals surface area contributed by atoms with Crippen molar-refractivity contribution in [2.45, 2.75) is 19.9 Å². The summed E-state index contributed by atoms with van der Waals surface area (Å²) in [5.74, 6) is 0.918. The predicted molar refractivity (Wildman–Crippen MR) is 85.1 cm³/mol. The molecule has 0 amide bonds. The zero-order valence-corrected chi connectivity index (χ0v) is 13.4. The highest BCUT2D eigenvalue weighted by Gasteiger charge is 2.17. The summed E-state index contributed by atoms with van der Waals surface area (Å²) in [6, 6.07) is 10.3. The fraction of sp³-hybridized carbons (Fsp3) is 0.312. The minimum atomic E-state index is 0.0766. The number of halogens is 1. The summed E-state index contributed by atoms with van der Waals surface area (Å²) in [5, 5.41) is 3.50. The molecular formula is C16H19BrN2O. The quantitative estimate of drug-likeness (QED) is 0.868. The fourth-order valence-corrected chi connectivity index (χ4v) is 2.59. The molecule has 0 bridgehead atoms. The van der Waals surface area contributed by atoms with E-state index in [1.54, 1.807) is 6.20 Å². The van der Waals surface area contributed by atoms with Crippen molar-refractivity contribution < 1.29 is 4.74 Å². The van der Waals surface area contributed by atoms with Crippen LogP contribution in [0.1, 0.15) is 31.0 Å². The Bertz CT molecular complexity index is 560. The molecule has 4 heteroatoms. The lowest BCUT2D eigenvalue weighted by atomic mass is 9.99. The van der Waals surface area contributed by atoms with Gasteiger partial charge in [-0.1, -0.05) is 25.1 Å². The van der Waals surface area contributed by atoms with Gasteiger partial charge >= 0.3 is 0 Å². The van der Waals surface area contributed by atoms with Gasteiger partial charge in [0.25, 0.3) is 0 Å². The second kappa shape index (κ2) is 7.41. The highest BCUT2D eigenvalue weighted by molar-refractivity contribution is 9.10. The second-order valence-corrected chi connectivity index (χ2v) is 5.31. The highest BCUT2D eigenvalue weighted by atomic mass is 79.9. The topological polar surface area (TPSA) is 34.2 Å². The van der Waals surface area contributed by atoms with E-state index < -0.39 is 0 Å². The van der Waals surface area contributed by atoms with E-state index in [1.807, 2.05) is 31.3 Å². The lowest BCUT2D eigenvalue weighted by Crippen LogP contribution is -2.22. The van der Waals surface area contributed by atoms with E-state index in [4.69, 9.17) is 4.74 Å². The van der Waals surface area contributed by atoms with Crippen molar-refractivity contribution >= 4 is 15.9 Å². The summed E-state index contributed by atoms with van der Waals surface area (Å²) >= 11 is 3.48. The first-order valence-corrected chi connectivity index (χ1v) is 7.61. The molecule has 0 saturated carbocycles. The number of ether oxygens (including phenoxy) is 1. The maximum atomic E-state index is 5.74. The van der Waals surface area contributed by atoms with E-state index >= 15 is 0 Å². The molecule has 0 radical (unpaired) electrons. The number of aromatic nitrogens is 1. The first-order chi connectivity index (χ1) is 9.76. The smallest absolute Gasteiger partial charge is 0.124 e. The predicted octanol–water partition coefficient (Wildman–Crippen LogP) is 3.94. The van der Waals surface area contributed by atoms with Gasteiger partial charge in [0.1, 0.15) is 5.75 Å². The van der Waals surface area contributed by atoms with Gasteiger partial charge in [-0.15, -0.1) is 0 Å². The van der Waals surface area contributed by atoms with Gasteiger partial charge in [-0.05, 0) is 47.1 Å². The molecule has 1 aromatic heterocycles. The van der Waals surface area contributed by atoms with Crippen LogP contribution >= 0.6 is 15.9 Å². The molecule has 20 heavy (non-hydrogen) atoms. The number of para-hydroxylation sites is 1. The molecule has 106 valence electrons. The van der Waals surface area contributed by atoms with Crippen LogP contribution in [0.3, 0.4) is 0 Å². The Morgan fingerprint density at radius 1 is 1.25 bits per heavy atom. The summed E-state index contributed by atoms with van der Waals surface area (Å²) < 4.78 is 6.72. The van der Waals surface area contributed by atoms with Gasteiger partial charge in [-0.25, -0.2) is 0 Å². The van der Waals surface area contributed by atoms with Crippen LogP contribution in [0.4, 0.5) is 0 Å². The van der Waals surface area contributed by atoms with Crippen LogP contribution in [0.2, 0.25) is 0 Å². The third kappa shape index (κ3) is 3.58. The maximum absolute atomic E-state index is 5.74. The SMILES string of the molecule is CCNC(c1cncc(Br)c1)c1ccccc1OCC. The maximum Gasteiger partial charge on any atom is 0.124 e. The summed E-state index contributed by atoms with van der Waals surface area (Å²) in [4.78, 5) is 4.26. The third-order valence-electron chi connectivity index (χ3n) is 3.00. The van der Waals surface area contributed by atoms with Gasteiger partial charge < -0.3 is 10.1 Å². The Balaban J connectivity index is 2.43. The molecule has 1 N–H and O–H groups in total. The zero-order chi connectivity index (χ0) is 14.4. The van der Waals surface area contributed by atoms with Gasteiger partial charge in [0.15, 0.2) is 0 Å². The zero-order valence-electron chi connectivity index (χ0n) is 11.8. The first-order valence-electron chi connectivity index (χ1n) is 6.81. The number of rotatable bonds is 6. The Kier molecular flexibility index (Phi) is 5.56. The normalized spacial score (nSPS) is 12.2. The molecular weight excluding hydrogens is 316 g/mol. The number of benzene rings is 1. The molecule has 0 spiro atoms. The largest absolute Gasteiger partial charge is 0.494 e. The molecule has 2 rings (SSSR count). The number of pyridine rings is 1. The van der Waals surface area contributed by atoms with Crippen LogP contribution in [0.5, 0.6) is 5.75 Å². The van der Waals surface area contributed by atoms with Crippen molar-refractivity contribution in [3.8, 4) is 5.75 Å². The van der Waals surface area contributed by atoms with Crippen molar-refractivity contribution in [3.63, 3.8) is 0 Å². The number of hydrogen-bond donors (Lipinski definition) is 1. The number of nitrogens with zero attached hydrogens (tertiary/aromatic N) is 1. The van der Waals surface area contributed by atoms with Crippen LogP contribution in [-0.2, 0) is 0 Å². The van der Waals surface area contributed by atoms with Crippen molar-refractivity contribution in [1.29, 1.82) is 0 Å². The molecule has 3 nitrogen and oxygen atoms in total. The van der Waals surface area contributed by atoms with Crippen LogP contribution in [0.15, 0.2) is 47.2 Å². The van der Waals surface area contributed by atoms with Gasteiger partial charge in [0.05, 0.1) is 12.6 Å². The van der Waals surface area contributed by atoms with Crippen LogP contribution in [0.25, 0.3) is 0 Å². The Morgan fingerprint density at radius 2 is 2.05 bits per heavy atom. The van der Waals surface area contributed by atoms with Crippen LogP contribution in [0, 0.1) is 0 Å². The van der Waals surface area contributed by atoms with E-state index in [2.05, 4.69) is 45.3 Å². The van der Waals surface area contributed by atoms with E-state index in [0.717, 1.165) is 27.9 Å². The summed E-state index contributed by atoms with van der Waals surface area (Å²) in [7, 11) is 0. The summed E-state index contributed by atoms with van der Waals surface area (Å²) in [6.07, 6.45) is 3.68. The average molecular weight is 335 g/mol. The van der Waals surface area contributed by atoms with Crippen LogP contribution in [-0.4, -0.2) is 18.1 Å². The van der Waals surface area contributed by atoms with E-state index in [1.165, 1.54) is 0 Å². The molecule has 1 heterocycles. The van der Waals surface area contributed by atoms with Crippen molar-refractivity contribution in [2.75, 3.05) is 13.2 Å². The van der Waals surface area contributed by atoms with Crippen molar-refractivity contribution in [1.82, 2.24) is 10.3 Å². The van der Waals surface area contributed by atoms with Gasteiger partial charge in [0.2, 0.25) is 0 Å². The molecule has 1 unspecified atom stereocenters. The third-order valence-corrected chi connectivity index (χ3v) is 3.43. The summed E-state index contributed by atoms with van der Waals surface area (Å²) in [5.41, 5.74) is 2.25. The fourth-order valence-electron chi connectivity index (χ4n) is 2.20. The van der Waals surface area contributed by atoms with E-state index in [0.29, 0.717) is 6.61 Å². The second-order valence-electron chi connectivity index (χ2n) is 4.40. The lowest BCUT2D eigenvalue weighted by Gasteiger charge is -2.21. The van der Waals surface area contributed by atoms with Crippen LogP contribution < -0.4 is 10.1 Å². The lowest BCUT2D eigenvalue weighted by molar-refractivity contribution is 0.333. The van der Waals surface area contributed by atoms with Gasteiger partial charge in [-0.3, -0.25) is 4.98 Å². The molecule has 0 fully saturated rings. The molecule has 0 aliphatic heterocycles.